The van der Waals surface area contributed by atoms with Gasteiger partial charge in [0.2, 0.25) is 0 Å². The van der Waals surface area contributed by atoms with E-state index in [4.69, 9.17) is 16.0 Å². The van der Waals surface area contributed by atoms with Gasteiger partial charge in [0.15, 0.2) is 5.58 Å². The topological polar surface area (TPSA) is 51.0 Å². The summed E-state index contributed by atoms with van der Waals surface area (Å²) in [5, 5.41) is 9.16. The summed E-state index contributed by atoms with van der Waals surface area (Å²) >= 11 is 7.59. The Balaban J connectivity index is 2.09. The maximum Gasteiger partial charge on any atom is 0.152 e. The lowest BCUT2D eigenvalue weighted by Crippen LogP contribution is -2.17. The molecular formula is C15H16ClN3OS. The van der Waals surface area contributed by atoms with E-state index in [0.29, 0.717) is 10.9 Å². The fourth-order valence-corrected chi connectivity index (χ4v) is 3.54. The molecule has 6 heteroatoms. The van der Waals surface area contributed by atoms with Gasteiger partial charge in [-0.3, -0.25) is 0 Å². The monoisotopic (exact) mass is 321 g/mol. The molecule has 0 radical (unpaired) electrons. The zero-order valence-corrected chi connectivity index (χ0v) is 13.6. The predicted octanol–water partition coefficient (Wildman–Crippen LogP) is 4.37. The number of benzene rings is 1. The molecule has 21 heavy (non-hydrogen) atoms. The van der Waals surface area contributed by atoms with E-state index in [2.05, 4.69) is 28.8 Å². The molecule has 0 saturated heterocycles. The van der Waals surface area contributed by atoms with Crippen molar-refractivity contribution in [1.82, 2.24) is 14.9 Å². The molecule has 2 heterocycles. The maximum atomic E-state index is 6.19. The summed E-state index contributed by atoms with van der Waals surface area (Å²) in [6.45, 7) is 4.23. The molecule has 1 N–H and O–H groups in total. The molecule has 0 spiro atoms. The molecule has 1 unspecified atom stereocenters. The zero-order valence-electron chi connectivity index (χ0n) is 12.1. The van der Waals surface area contributed by atoms with Crippen LogP contribution >= 0.6 is 23.1 Å². The fourth-order valence-electron chi connectivity index (χ4n) is 2.40. The summed E-state index contributed by atoms with van der Waals surface area (Å²) in [4.78, 5) is 1.09. The predicted molar refractivity (Wildman–Crippen MR) is 86.1 cm³/mol. The molecule has 0 aliphatic carbocycles. The Morgan fingerprint density at radius 3 is 2.81 bits per heavy atom. The van der Waals surface area contributed by atoms with Crippen molar-refractivity contribution in [2.75, 3.05) is 7.05 Å². The third-order valence-electron chi connectivity index (χ3n) is 3.44. The lowest BCUT2D eigenvalue weighted by molar-refractivity contribution is 0.492. The molecule has 1 aromatic carbocycles. The molecular weight excluding hydrogens is 306 g/mol. The van der Waals surface area contributed by atoms with Gasteiger partial charge in [-0.1, -0.05) is 42.1 Å². The van der Waals surface area contributed by atoms with E-state index in [-0.39, 0.29) is 6.04 Å². The minimum absolute atomic E-state index is 0.0640. The molecule has 0 bridgehead atoms. The van der Waals surface area contributed by atoms with Crippen LogP contribution < -0.4 is 5.32 Å². The van der Waals surface area contributed by atoms with Gasteiger partial charge in [-0.05, 0) is 36.6 Å². The number of fused-ring (bicyclic) bond motifs is 1. The van der Waals surface area contributed by atoms with Crippen molar-refractivity contribution in [3.05, 3.63) is 45.6 Å². The van der Waals surface area contributed by atoms with Gasteiger partial charge in [0.25, 0.3) is 0 Å². The van der Waals surface area contributed by atoms with Gasteiger partial charge >= 0.3 is 0 Å². The second-order valence-corrected chi connectivity index (χ2v) is 6.40. The molecule has 4 nitrogen and oxygen atoms in total. The lowest BCUT2D eigenvalue weighted by atomic mass is 10.0. The van der Waals surface area contributed by atoms with Crippen LogP contribution in [-0.2, 0) is 0 Å². The van der Waals surface area contributed by atoms with Gasteiger partial charge in [0.05, 0.1) is 15.6 Å². The number of nitrogens with one attached hydrogen (secondary N) is 1. The summed E-state index contributed by atoms with van der Waals surface area (Å²) in [6.07, 6.45) is 0. The van der Waals surface area contributed by atoms with Crippen molar-refractivity contribution >= 4 is 34.1 Å². The van der Waals surface area contributed by atoms with Crippen LogP contribution in [0.4, 0.5) is 0 Å². The van der Waals surface area contributed by atoms with Crippen LogP contribution in [0.3, 0.4) is 0 Å². The van der Waals surface area contributed by atoms with E-state index >= 15 is 0 Å². The van der Waals surface area contributed by atoms with Crippen LogP contribution in [-0.4, -0.2) is 16.6 Å². The highest BCUT2D eigenvalue weighted by Crippen LogP contribution is 2.35. The van der Waals surface area contributed by atoms with Gasteiger partial charge in [-0.15, -0.1) is 5.10 Å². The number of para-hydroxylation sites is 1. The molecule has 0 saturated carbocycles. The third-order valence-corrected chi connectivity index (χ3v) is 4.54. The molecule has 1 atom stereocenters. The van der Waals surface area contributed by atoms with Crippen LogP contribution in [0, 0.1) is 0 Å². The van der Waals surface area contributed by atoms with Crippen LogP contribution in [0.5, 0.6) is 0 Å². The average molecular weight is 322 g/mol. The first kappa shape index (κ1) is 14.5. The maximum absolute atomic E-state index is 6.19. The minimum atomic E-state index is -0.0640. The quantitative estimate of drug-likeness (QED) is 0.775. The Morgan fingerprint density at radius 1 is 1.33 bits per heavy atom. The van der Waals surface area contributed by atoms with Gasteiger partial charge < -0.3 is 9.73 Å². The smallest absolute Gasteiger partial charge is 0.152 e. The number of nitrogens with zero attached hydrogens (tertiary/aromatic N) is 2. The highest BCUT2D eigenvalue weighted by Gasteiger charge is 2.24. The first-order chi connectivity index (χ1) is 10.1. The SMILES string of the molecule is CNC(c1cc2cccc(Cl)c2o1)c1snnc1C(C)C. The van der Waals surface area contributed by atoms with Crippen molar-refractivity contribution < 1.29 is 4.42 Å². The van der Waals surface area contributed by atoms with Crippen molar-refractivity contribution in [1.29, 1.82) is 0 Å². The standard InChI is InChI=1S/C15H16ClN3OS/c1-8(2)12-15(21-19-18-12)13(17-3)11-7-9-5-4-6-10(16)14(9)20-11/h4-8,13,17H,1-3H3. The van der Waals surface area contributed by atoms with Crippen LogP contribution in [0.1, 0.15) is 42.1 Å². The second kappa shape index (κ2) is 5.75. The van der Waals surface area contributed by atoms with E-state index in [9.17, 15) is 0 Å². The van der Waals surface area contributed by atoms with Crippen LogP contribution in [0.25, 0.3) is 11.0 Å². The Morgan fingerprint density at radius 2 is 2.14 bits per heavy atom. The van der Waals surface area contributed by atoms with Crippen LogP contribution in [0.15, 0.2) is 28.7 Å². The molecule has 0 aliphatic heterocycles. The largest absolute Gasteiger partial charge is 0.457 e. The Kier molecular flexibility index (Phi) is 3.97. The van der Waals surface area contributed by atoms with Crippen molar-refractivity contribution in [3.8, 4) is 0 Å². The fraction of sp³-hybridized carbons (Fsp3) is 0.333. The number of halogens is 1. The van der Waals surface area contributed by atoms with Gasteiger partial charge in [-0.2, -0.15) is 0 Å². The molecule has 0 fully saturated rings. The van der Waals surface area contributed by atoms with Crippen molar-refractivity contribution in [3.63, 3.8) is 0 Å². The number of aromatic nitrogens is 2. The Labute approximate surface area is 132 Å². The Hall–Kier alpha value is -1.43. The van der Waals surface area contributed by atoms with Crippen molar-refractivity contribution in [2.45, 2.75) is 25.8 Å². The molecule has 3 rings (SSSR count). The highest BCUT2D eigenvalue weighted by molar-refractivity contribution is 7.05. The molecule has 0 aliphatic rings. The third kappa shape index (κ3) is 2.57. The number of rotatable bonds is 4. The normalized spacial score (nSPS) is 13.2. The van der Waals surface area contributed by atoms with Gasteiger partial charge in [0, 0.05) is 5.39 Å². The first-order valence-corrected chi connectivity index (χ1v) is 7.94. The van der Waals surface area contributed by atoms with E-state index in [1.165, 1.54) is 11.5 Å². The van der Waals surface area contributed by atoms with Gasteiger partial charge in [0.1, 0.15) is 11.8 Å². The number of hydrogen-bond donors (Lipinski definition) is 1. The second-order valence-electron chi connectivity index (χ2n) is 5.21. The van der Waals surface area contributed by atoms with Gasteiger partial charge in [-0.25, -0.2) is 0 Å². The van der Waals surface area contributed by atoms with E-state index in [0.717, 1.165) is 27.3 Å². The molecule has 110 valence electrons. The minimum Gasteiger partial charge on any atom is -0.457 e. The molecule has 3 aromatic rings. The zero-order chi connectivity index (χ0) is 15.0. The van der Waals surface area contributed by atoms with E-state index < -0.39 is 0 Å². The number of furan rings is 1. The summed E-state index contributed by atoms with van der Waals surface area (Å²) < 4.78 is 10.1. The van der Waals surface area contributed by atoms with E-state index in [1.807, 2.05) is 31.3 Å². The summed E-state index contributed by atoms with van der Waals surface area (Å²) in [5.74, 6) is 1.15. The molecule has 0 amide bonds. The summed E-state index contributed by atoms with van der Waals surface area (Å²) in [7, 11) is 1.91. The van der Waals surface area contributed by atoms with Crippen LogP contribution in [0.2, 0.25) is 5.02 Å². The molecule has 2 aromatic heterocycles. The number of hydrogen-bond acceptors (Lipinski definition) is 5. The lowest BCUT2D eigenvalue weighted by Gasteiger charge is -2.13. The summed E-state index contributed by atoms with van der Waals surface area (Å²) in [6, 6.07) is 7.71. The Bertz CT molecular complexity index is 765. The average Bonchev–Trinajstić information content (AvgIpc) is 3.07. The summed E-state index contributed by atoms with van der Waals surface area (Å²) in [5.41, 5.74) is 1.73. The van der Waals surface area contributed by atoms with E-state index in [1.54, 1.807) is 0 Å². The van der Waals surface area contributed by atoms with Crippen molar-refractivity contribution in [2.24, 2.45) is 0 Å². The highest BCUT2D eigenvalue weighted by atomic mass is 35.5. The first-order valence-electron chi connectivity index (χ1n) is 6.79.